The maximum atomic E-state index is 11.6. The molecular weight excluding hydrogens is 432 g/mol. The van der Waals surface area contributed by atoms with Gasteiger partial charge in [0.25, 0.3) is 5.69 Å². The van der Waals surface area contributed by atoms with Gasteiger partial charge in [-0.25, -0.2) is 4.98 Å². The minimum Gasteiger partial charge on any atom is -0.481 e. The topological polar surface area (TPSA) is 126 Å². The van der Waals surface area contributed by atoms with Crippen molar-refractivity contribution in [3.63, 3.8) is 0 Å². The Balaban J connectivity index is 1.86. The number of thiazole rings is 1. The number of anilines is 1. The van der Waals surface area contributed by atoms with E-state index in [0.717, 1.165) is 22.6 Å². The number of carboxylic acids is 1. The van der Waals surface area contributed by atoms with Crippen LogP contribution in [0, 0.1) is 16.0 Å². The van der Waals surface area contributed by atoms with Gasteiger partial charge in [0.15, 0.2) is 5.13 Å². The summed E-state index contributed by atoms with van der Waals surface area (Å²) in [5, 5.41) is 23.4. The van der Waals surface area contributed by atoms with E-state index >= 15 is 0 Å². The molecule has 2 heterocycles. The number of carbonyl (C=O) groups is 2. The fraction of sp³-hybridized carbons (Fsp3) is 0.409. The second kappa shape index (κ2) is 10.5. The Labute approximate surface area is 189 Å². The molecular formula is C22H26N4O5S. The van der Waals surface area contributed by atoms with E-state index in [4.69, 9.17) is 0 Å². The van der Waals surface area contributed by atoms with E-state index < -0.39 is 10.9 Å². The summed E-state index contributed by atoms with van der Waals surface area (Å²) in [6.45, 7) is 4.89. The van der Waals surface area contributed by atoms with Crippen molar-refractivity contribution in [3.8, 4) is 0 Å². The van der Waals surface area contributed by atoms with Crippen LogP contribution in [0.25, 0.3) is 12.2 Å². The van der Waals surface area contributed by atoms with Crippen molar-refractivity contribution in [2.24, 2.45) is 5.92 Å². The number of nitro benzene ring substituents is 1. The van der Waals surface area contributed by atoms with Gasteiger partial charge < -0.3 is 10.4 Å². The van der Waals surface area contributed by atoms with Gasteiger partial charge in [-0.05, 0) is 56.1 Å². The number of benzene rings is 1. The van der Waals surface area contributed by atoms with Crippen LogP contribution in [0.15, 0.2) is 24.3 Å². The van der Waals surface area contributed by atoms with E-state index in [0.29, 0.717) is 31.1 Å². The Bertz CT molecular complexity index is 1010. The third-order valence-electron chi connectivity index (χ3n) is 5.51. The van der Waals surface area contributed by atoms with Crippen molar-refractivity contribution >= 4 is 46.2 Å². The van der Waals surface area contributed by atoms with E-state index in [-0.39, 0.29) is 23.6 Å². The van der Waals surface area contributed by atoms with E-state index in [1.165, 1.54) is 30.4 Å². The molecule has 1 atom stereocenters. The van der Waals surface area contributed by atoms with Gasteiger partial charge in [0.1, 0.15) is 0 Å². The number of piperidine rings is 1. The molecule has 1 unspecified atom stereocenters. The first kappa shape index (κ1) is 23.6. The second-order valence-electron chi connectivity index (χ2n) is 7.70. The number of aromatic nitrogens is 1. The Morgan fingerprint density at radius 1 is 1.31 bits per heavy atom. The van der Waals surface area contributed by atoms with Crippen molar-refractivity contribution in [2.75, 3.05) is 18.4 Å². The fourth-order valence-corrected chi connectivity index (χ4v) is 5.07. The Morgan fingerprint density at radius 2 is 1.97 bits per heavy atom. The Hall–Kier alpha value is -3.11. The van der Waals surface area contributed by atoms with E-state index in [9.17, 15) is 24.8 Å². The van der Waals surface area contributed by atoms with Gasteiger partial charge in [-0.3, -0.25) is 24.6 Å². The largest absolute Gasteiger partial charge is 0.481 e. The molecule has 1 amide bonds. The van der Waals surface area contributed by atoms with Crippen LogP contribution >= 0.6 is 11.3 Å². The first-order valence-electron chi connectivity index (χ1n) is 10.5. The molecule has 2 N–H and O–H groups in total. The van der Waals surface area contributed by atoms with Gasteiger partial charge in [0.05, 0.1) is 21.4 Å². The highest BCUT2D eigenvalue weighted by molar-refractivity contribution is 7.16. The highest BCUT2D eigenvalue weighted by atomic mass is 32.1. The number of rotatable bonds is 8. The lowest BCUT2D eigenvalue weighted by atomic mass is 9.95. The summed E-state index contributed by atoms with van der Waals surface area (Å²) in [7, 11) is 0. The molecule has 10 heteroatoms. The molecule has 9 nitrogen and oxygen atoms in total. The van der Waals surface area contributed by atoms with Crippen LogP contribution in [0.5, 0.6) is 0 Å². The predicted octanol–water partition coefficient (Wildman–Crippen LogP) is 4.43. The van der Waals surface area contributed by atoms with Gasteiger partial charge in [-0.15, -0.1) is 0 Å². The SMILES string of the molecule is CCC(c1sc(NC(C)=O)nc1C=Cc1ccc([N+](=O)[O-])cc1)N1CCC(C(=O)O)CC1. The van der Waals surface area contributed by atoms with Crippen LogP contribution in [0.4, 0.5) is 10.8 Å². The molecule has 3 rings (SSSR count). The van der Waals surface area contributed by atoms with Crippen molar-refractivity contribution in [1.82, 2.24) is 9.88 Å². The van der Waals surface area contributed by atoms with Crippen LogP contribution in [0.3, 0.4) is 0 Å². The average molecular weight is 459 g/mol. The molecule has 170 valence electrons. The predicted molar refractivity (Wildman–Crippen MR) is 123 cm³/mol. The molecule has 0 spiro atoms. The third-order valence-corrected chi connectivity index (χ3v) is 6.60. The molecule has 0 aliphatic carbocycles. The number of hydrogen-bond acceptors (Lipinski definition) is 7. The molecule has 1 aromatic carbocycles. The molecule has 1 saturated heterocycles. The van der Waals surface area contributed by atoms with Crippen molar-refractivity contribution < 1.29 is 19.6 Å². The maximum absolute atomic E-state index is 11.6. The van der Waals surface area contributed by atoms with Crippen LogP contribution in [0.2, 0.25) is 0 Å². The molecule has 1 fully saturated rings. The van der Waals surface area contributed by atoms with E-state index in [1.807, 2.05) is 12.2 Å². The summed E-state index contributed by atoms with van der Waals surface area (Å²) >= 11 is 1.42. The smallest absolute Gasteiger partial charge is 0.306 e. The number of aliphatic carboxylic acids is 1. The number of nitro groups is 1. The van der Waals surface area contributed by atoms with Gasteiger partial charge >= 0.3 is 5.97 Å². The lowest BCUT2D eigenvalue weighted by Crippen LogP contribution is -2.38. The quantitative estimate of drug-likeness (QED) is 0.443. The summed E-state index contributed by atoms with van der Waals surface area (Å²) in [6.07, 6.45) is 5.72. The number of amides is 1. The normalized spacial score (nSPS) is 16.2. The van der Waals surface area contributed by atoms with Crippen LogP contribution in [-0.2, 0) is 9.59 Å². The number of carboxylic acid groups (broad SMARTS) is 1. The molecule has 0 radical (unpaired) electrons. The number of non-ortho nitro benzene ring substituents is 1. The Kier molecular flexibility index (Phi) is 7.70. The summed E-state index contributed by atoms with van der Waals surface area (Å²) in [6, 6.07) is 6.30. The maximum Gasteiger partial charge on any atom is 0.306 e. The lowest BCUT2D eigenvalue weighted by Gasteiger charge is -2.35. The van der Waals surface area contributed by atoms with Crippen LogP contribution in [0.1, 0.15) is 55.3 Å². The molecule has 2 aromatic rings. The van der Waals surface area contributed by atoms with Gasteiger partial charge in [-0.2, -0.15) is 0 Å². The minimum absolute atomic E-state index is 0.0280. The molecule has 0 bridgehead atoms. The first-order valence-corrected chi connectivity index (χ1v) is 11.3. The summed E-state index contributed by atoms with van der Waals surface area (Å²) in [5.74, 6) is -1.25. The Morgan fingerprint density at radius 3 is 2.50 bits per heavy atom. The first-order chi connectivity index (χ1) is 15.3. The highest BCUT2D eigenvalue weighted by Gasteiger charge is 2.30. The molecule has 32 heavy (non-hydrogen) atoms. The van der Waals surface area contributed by atoms with Crippen molar-refractivity contribution in [1.29, 1.82) is 0 Å². The van der Waals surface area contributed by atoms with Crippen LogP contribution in [-0.4, -0.2) is 44.9 Å². The minimum atomic E-state index is -0.741. The summed E-state index contributed by atoms with van der Waals surface area (Å²) in [5.41, 5.74) is 1.55. The zero-order chi connectivity index (χ0) is 23.3. The van der Waals surface area contributed by atoms with Gasteiger partial charge in [0, 0.05) is 25.1 Å². The number of carbonyl (C=O) groups excluding carboxylic acids is 1. The second-order valence-corrected chi connectivity index (χ2v) is 8.73. The monoisotopic (exact) mass is 458 g/mol. The van der Waals surface area contributed by atoms with Crippen molar-refractivity contribution in [3.05, 3.63) is 50.5 Å². The van der Waals surface area contributed by atoms with E-state index in [1.54, 1.807) is 12.1 Å². The van der Waals surface area contributed by atoms with Gasteiger partial charge in [-0.1, -0.05) is 24.3 Å². The zero-order valence-electron chi connectivity index (χ0n) is 18.0. The van der Waals surface area contributed by atoms with Gasteiger partial charge in [0.2, 0.25) is 5.91 Å². The lowest BCUT2D eigenvalue weighted by molar-refractivity contribution is -0.384. The molecule has 0 saturated carbocycles. The number of nitrogens with zero attached hydrogens (tertiary/aromatic N) is 3. The summed E-state index contributed by atoms with van der Waals surface area (Å²) < 4.78 is 0. The van der Waals surface area contributed by atoms with Crippen molar-refractivity contribution in [2.45, 2.75) is 39.2 Å². The average Bonchev–Trinajstić information content (AvgIpc) is 3.15. The number of hydrogen-bond donors (Lipinski definition) is 2. The van der Waals surface area contributed by atoms with E-state index in [2.05, 4.69) is 22.1 Å². The van der Waals surface area contributed by atoms with Crippen LogP contribution < -0.4 is 5.32 Å². The molecule has 1 aromatic heterocycles. The summed E-state index contributed by atoms with van der Waals surface area (Å²) in [4.78, 5) is 41.1. The fourth-order valence-electron chi connectivity index (χ4n) is 3.86. The third kappa shape index (κ3) is 5.77. The highest BCUT2D eigenvalue weighted by Crippen LogP contribution is 2.37. The molecule has 1 aliphatic rings. The number of likely N-dealkylation sites (tertiary alicyclic amines) is 1. The molecule has 1 aliphatic heterocycles. The zero-order valence-corrected chi connectivity index (χ0v) is 18.8. The number of nitrogens with one attached hydrogen (secondary N) is 1. The standard InChI is InChI=1S/C22H26N4O5S/c1-3-19(25-12-10-16(11-13-25)21(28)29)20-18(24-22(32-20)23-14(2)27)9-6-15-4-7-17(8-5-15)26(30)31/h4-9,16,19H,3,10-13H2,1-2H3,(H,28,29)(H,23,24,27).